The summed E-state index contributed by atoms with van der Waals surface area (Å²) in [6, 6.07) is 11.5. The van der Waals surface area contributed by atoms with Crippen molar-refractivity contribution < 1.29 is 14.3 Å². The fourth-order valence-electron chi connectivity index (χ4n) is 4.58. The van der Waals surface area contributed by atoms with Crippen molar-refractivity contribution in [1.29, 1.82) is 0 Å². The van der Waals surface area contributed by atoms with Gasteiger partial charge in [-0.3, -0.25) is 14.5 Å². The van der Waals surface area contributed by atoms with Gasteiger partial charge in [0.15, 0.2) is 11.5 Å². The highest BCUT2D eigenvalue weighted by Gasteiger charge is 2.20. The summed E-state index contributed by atoms with van der Waals surface area (Å²) >= 11 is 0. The molecule has 1 saturated heterocycles. The minimum Gasteiger partial charge on any atom is -0.454 e. The quantitative estimate of drug-likeness (QED) is 0.318. The Bertz CT molecular complexity index is 1570. The van der Waals surface area contributed by atoms with Crippen LogP contribution in [0.1, 0.15) is 24.1 Å². The van der Waals surface area contributed by atoms with E-state index in [9.17, 15) is 4.79 Å². The Morgan fingerprint density at radius 3 is 2.84 bits per heavy atom. The number of piperidine rings is 1. The van der Waals surface area contributed by atoms with E-state index in [1.165, 1.54) is 0 Å². The van der Waals surface area contributed by atoms with Crippen LogP contribution in [0.5, 0.6) is 11.5 Å². The van der Waals surface area contributed by atoms with Gasteiger partial charge in [0, 0.05) is 55.5 Å². The predicted molar refractivity (Wildman–Crippen MR) is 140 cm³/mol. The van der Waals surface area contributed by atoms with E-state index in [1.54, 1.807) is 23.2 Å². The highest BCUT2D eigenvalue weighted by atomic mass is 16.7. The average Bonchev–Trinajstić information content (AvgIpc) is 3.59. The Morgan fingerprint density at radius 1 is 1.14 bits per heavy atom. The standard InChI is InChI=1S/C29H25N5O3/c1-33-18-22(17-31-33)25-16-26-23(3-2-12-30-26)24(32-25)7-4-20-10-13-34(14-11-20)29(35)9-6-21-5-8-27-28(15-21)37-19-36-27/h2-3,5-6,8-9,12,15-18,20H,10-11,13-14,19H2,1H3/b9-6+. The van der Waals surface area contributed by atoms with Crippen LogP contribution in [-0.2, 0) is 11.8 Å². The molecule has 2 aliphatic heterocycles. The van der Waals surface area contributed by atoms with Gasteiger partial charge in [0.1, 0.15) is 5.69 Å². The fraction of sp³-hybridized carbons (Fsp3) is 0.241. The molecule has 1 amide bonds. The third-order valence-corrected chi connectivity index (χ3v) is 6.62. The number of rotatable bonds is 3. The SMILES string of the molecule is Cn1cc(-c2cc3ncccc3c(C#CC3CCN(C(=O)/C=C/c4ccc5c(c4)OCO5)CC3)n2)cn1. The van der Waals surface area contributed by atoms with Crippen molar-refractivity contribution in [2.45, 2.75) is 12.8 Å². The lowest BCUT2D eigenvalue weighted by Gasteiger charge is -2.29. The van der Waals surface area contributed by atoms with Crippen molar-refractivity contribution in [1.82, 2.24) is 24.6 Å². The Kier molecular flexibility index (Phi) is 6.03. The van der Waals surface area contributed by atoms with E-state index in [-0.39, 0.29) is 18.6 Å². The number of likely N-dealkylation sites (tertiary alicyclic amines) is 1. The zero-order valence-corrected chi connectivity index (χ0v) is 20.4. The van der Waals surface area contributed by atoms with Crippen LogP contribution in [0.4, 0.5) is 0 Å². The van der Waals surface area contributed by atoms with Gasteiger partial charge in [-0.25, -0.2) is 4.98 Å². The highest BCUT2D eigenvalue weighted by molar-refractivity contribution is 5.92. The Hall–Kier alpha value is -4.64. The number of aryl methyl sites for hydroxylation is 1. The summed E-state index contributed by atoms with van der Waals surface area (Å²) in [4.78, 5) is 24.0. The van der Waals surface area contributed by atoms with Crippen LogP contribution in [0.3, 0.4) is 0 Å². The summed E-state index contributed by atoms with van der Waals surface area (Å²) < 4.78 is 12.5. The second-order valence-corrected chi connectivity index (χ2v) is 9.14. The van der Waals surface area contributed by atoms with Crippen molar-refractivity contribution in [3.8, 4) is 34.6 Å². The van der Waals surface area contributed by atoms with Crippen LogP contribution in [0.2, 0.25) is 0 Å². The third-order valence-electron chi connectivity index (χ3n) is 6.62. The summed E-state index contributed by atoms with van der Waals surface area (Å²) in [6.07, 6.45) is 10.6. The number of carbonyl (C=O) groups is 1. The van der Waals surface area contributed by atoms with E-state index in [2.05, 4.69) is 21.9 Å². The number of amides is 1. The van der Waals surface area contributed by atoms with Crippen LogP contribution >= 0.6 is 0 Å². The minimum atomic E-state index is 0.00647. The van der Waals surface area contributed by atoms with Gasteiger partial charge in [0.25, 0.3) is 0 Å². The lowest BCUT2D eigenvalue weighted by Crippen LogP contribution is -2.37. The van der Waals surface area contributed by atoms with Crippen LogP contribution in [-0.4, -0.2) is 50.4 Å². The van der Waals surface area contributed by atoms with Crippen molar-refractivity contribution in [2.75, 3.05) is 19.9 Å². The molecule has 1 fully saturated rings. The molecule has 184 valence electrons. The summed E-state index contributed by atoms with van der Waals surface area (Å²) in [5.41, 5.74) is 4.21. The normalized spacial score (nSPS) is 15.2. The summed E-state index contributed by atoms with van der Waals surface area (Å²) in [5, 5.41) is 5.19. The average molecular weight is 492 g/mol. The molecule has 0 unspecified atom stereocenters. The number of nitrogens with zero attached hydrogens (tertiary/aromatic N) is 5. The monoisotopic (exact) mass is 491 g/mol. The molecule has 2 aliphatic rings. The molecule has 3 aromatic heterocycles. The van der Waals surface area contributed by atoms with Crippen LogP contribution in [0.25, 0.3) is 28.2 Å². The summed E-state index contributed by atoms with van der Waals surface area (Å²) in [7, 11) is 1.88. The Morgan fingerprint density at radius 2 is 2.00 bits per heavy atom. The first kappa shape index (κ1) is 22.8. The smallest absolute Gasteiger partial charge is 0.246 e. The molecule has 37 heavy (non-hydrogen) atoms. The van der Waals surface area contributed by atoms with Gasteiger partial charge in [-0.1, -0.05) is 12.0 Å². The van der Waals surface area contributed by atoms with Crippen molar-refractivity contribution in [3.63, 3.8) is 0 Å². The van der Waals surface area contributed by atoms with Gasteiger partial charge < -0.3 is 14.4 Å². The Balaban J connectivity index is 1.13. The topological polar surface area (TPSA) is 82.4 Å². The molecule has 0 N–H and O–H groups in total. The van der Waals surface area contributed by atoms with Crippen LogP contribution in [0.15, 0.2) is 61.1 Å². The van der Waals surface area contributed by atoms with Gasteiger partial charge in [0.05, 0.1) is 17.4 Å². The van der Waals surface area contributed by atoms with Gasteiger partial charge in [-0.2, -0.15) is 5.10 Å². The van der Waals surface area contributed by atoms with Crippen molar-refractivity contribution in [3.05, 3.63) is 72.3 Å². The molecule has 4 aromatic rings. The van der Waals surface area contributed by atoms with E-state index in [0.717, 1.165) is 52.0 Å². The van der Waals surface area contributed by atoms with Gasteiger partial charge >= 0.3 is 0 Å². The zero-order chi connectivity index (χ0) is 25.2. The first-order valence-electron chi connectivity index (χ1n) is 12.3. The third kappa shape index (κ3) is 4.89. The van der Waals surface area contributed by atoms with E-state index in [4.69, 9.17) is 14.5 Å². The van der Waals surface area contributed by atoms with E-state index < -0.39 is 0 Å². The van der Waals surface area contributed by atoms with E-state index in [0.29, 0.717) is 18.8 Å². The molecule has 1 aromatic carbocycles. The van der Waals surface area contributed by atoms with E-state index in [1.807, 2.05) is 60.6 Å². The number of aromatic nitrogens is 4. The number of ether oxygens (including phenoxy) is 2. The predicted octanol–water partition coefficient (Wildman–Crippen LogP) is 4.06. The van der Waals surface area contributed by atoms with Gasteiger partial charge in [-0.15, -0.1) is 0 Å². The van der Waals surface area contributed by atoms with Gasteiger partial charge in [0.2, 0.25) is 12.7 Å². The molecule has 0 atom stereocenters. The van der Waals surface area contributed by atoms with Gasteiger partial charge in [-0.05, 0) is 60.7 Å². The number of carbonyl (C=O) groups excluding carboxylic acids is 1. The first-order chi connectivity index (χ1) is 18.1. The minimum absolute atomic E-state index is 0.00647. The molecular formula is C29H25N5O3. The second kappa shape index (κ2) is 9.78. The first-order valence-corrected chi connectivity index (χ1v) is 12.3. The van der Waals surface area contributed by atoms with E-state index >= 15 is 0 Å². The number of fused-ring (bicyclic) bond motifs is 2. The zero-order valence-electron chi connectivity index (χ0n) is 20.4. The molecule has 0 bridgehead atoms. The number of hydrogen-bond acceptors (Lipinski definition) is 6. The molecule has 8 nitrogen and oxygen atoms in total. The largest absolute Gasteiger partial charge is 0.454 e. The second-order valence-electron chi connectivity index (χ2n) is 9.14. The maximum atomic E-state index is 12.7. The molecule has 5 heterocycles. The number of benzene rings is 1. The van der Waals surface area contributed by atoms with Crippen molar-refractivity contribution >= 4 is 22.9 Å². The molecular weight excluding hydrogens is 466 g/mol. The number of hydrogen-bond donors (Lipinski definition) is 0. The fourth-order valence-corrected chi connectivity index (χ4v) is 4.58. The number of pyridine rings is 2. The Labute approximate surface area is 214 Å². The molecule has 6 rings (SSSR count). The molecule has 0 aliphatic carbocycles. The maximum absolute atomic E-state index is 12.7. The summed E-state index contributed by atoms with van der Waals surface area (Å²) in [5.74, 6) is 8.38. The molecule has 8 heteroatoms. The summed E-state index contributed by atoms with van der Waals surface area (Å²) in [6.45, 7) is 1.59. The lowest BCUT2D eigenvalue weighted by atomic mass is 9.97. The molecule has 0 saturated carbocycles. The molecule has 0 radical (unpaired) electrons. The lowest BCUT2D eigenvalue weighted by molar-refractivity contribution is -0.127. The molecule has 0 spiro atoms. The van der Waals surface area contributed by atoms with Crippen LogP contribution in [0, 0.1) is 17.8 Å². The van der Waals surface area contributed by atoms with Crippen LogP contribution < -0.4 is 9.47 Å². The maximum Gasteiger partial charge on any atom is 0.246 e. The van der Waals surface area contributed by atoms with Crippen molar-refractivity contribution in [2.24, 2.45) is 13.0 Å². The highest BCUT2D eigenvalue weighted by Crippen LogP contribution is 2.33.